The molecule has 3 rings (SSSR count). The number of thiazole rings is 1. The predicted octanol–water partition coefficient (Wildman–Crippen LogP) is 3.81. The Labute approximate surface area is 177 Å². The number of amides is 3. The number of rotatable bonds is 6. The molecule has 1 heterocycles. The van der Waals surface area contributed by atoms with Crippen LogP contribution in [-0.2, 0) is 4.79 Å². The van der Waals surface area contributed by atoms with Gasteiger partial charge in [-0.05, 0) is 55.3 Å². The first-order valence-electron chi connectivity index (χ1n) is 9.07. The predicted molar refractivity (Wildman–Crippen MR) is 119 cm³/mol. The highest BCUT2D eigenvalue weighted by Gasteiger charge is 2.19. The number of nitrogens with one attached hydrogen (secondary N) is 3. The summed E-state index contributed by atoms with van der Waals surface area (Å²) in [5.74, 6) is -1.36. The molecule has 1 aromatic heterocycles. The first-order chi connectivity index (χ1) is 14.2. The van der Waals surface area contributed by atoms with Gasteiger partial charge in [-0.1, -0.05) is 23.5 Å². The van der Waals surface area contributed by atoms with Gasteiger partial charge < -0.3 is 21.7 Å². The molecule has 0 aliphatic rings. The molecule has 0 aliphatic heterocycles. The van der Waals surface area contributed by atoms with Gasteiger partial charge in [-0.2, -0.15) is 0 Å². The SMILES string of the molecule is CC(=O)Nc1ccc(C(=O)Nc2sc(Nc3cccc(C)c3C)nc2C(N)=O)cc1. The van der Waals surface area contributed by atoms with Crippen molar-refractivity contribution in [2.75, 3.05) is 16.0 Å². The zero-order valence-electron chi connectivity index (χ0n) is 16.7. The number of primary amides is 1. The summed E-state index contributed by atoms with van der Waals surface area (Å²) in [6, 6.07) is 12.2. The molecule has 3 aromatic rings. The van der Waals surface area contributed by atoms with Crippen molar-refractivity contribution in [3.05, 3.63) is 64.8 Å². The molecule has 30 heavy (non-hydrogen) atoms. The molecule has 0 atom stereocenters. The van der Waals surface area contributed by atoms with Crippen LogP contribution in [0, 0.1) is 13.8 Å². The zero-order chi connectivity index (χ0) is 21.8. The summed E-state index contributed by atoms with van der Waals surface area (Å²) in [5, 5.41) is 9.19. The average Bonchev–Trinajstić information content (AvgIpc) is 3.08. The number of aryl methyl sites for hydroxylation is 1. The number of benzene rings is 2. The minimum atomic E-state index is -0.739. The van der Waals surface area contributed by atoms with Crippen molar-refractivity contribution in [1.29, 1.82) is 0 Å². The smallest absolute Gasteiger partial charge is 0.270 e. The van der Waals surface area contributed by atoms with E-state index in [1.54, 1.807) is 24.3 Å². The van der Waals surface area contributed by atoms with E-state index in [0.717, 1.165) is 28.2 Å². The molecule has 0 spiro atoms. The van der Waals surface area contributed by atoms with Gasteiger partial charge in [-0.15, -0.1) is 0 Å². The third kappa shape index (κ3) is 4.81. The molecular formula is C21H21N5O3S. The fourth-order valence-corrected chi connectivity index (χ4v) is 3.59. The van der Waals surface area contributed by atoms with E-state index in [9.17, 15) is 14.4 Å². The van der Waals surface area contributed by atoms with E-state index in [1.165, 1.54) is 6.92 Å². The largest absolute Gasteiger partial charge is 0.364 e. The van der Waals surface area contributed by atoms with Gasteiger partial charge in [0, 0.05) is 23.9 Å². The molecule has 0 fully saturated rings. The van der Waals surface area contributed by atoms with Gasteiger partial charge in [0.2, 0.25) is 5.91 Å². The van der Waals surface area contributed by atoms with Gasteiger partial charge in [0.05, 0.1) is 0 Å². The first kappa shape index (κ1) is 21.0. The van der Waals surface area contributed by atoms with Crippen LogP contribution < -0.4 is 21.7 Å². The fourth-order valence-electron chi connectivity index (χ4n) is 2.71. The molecule has 0 bridgehead atoms. The summed E-state index contributed by atoms with van der Waals surface area (Å²) in [6.45, 7) is 5.38. The molecule has 8 nitrogen and oxygen atoms in total. The van der Waals surface area contributed by atoms with Crippen LogP contribution in [0.1, 0.15) is 38.9 Å². The molecule has 0 aliphatic carbocycles. The summed E-state index contributed by atoms with van der Waals surface area (Å²) in [7, 11) is 0. The number of nitrogens with zero attached hydrogens (tertiary/aromatic N) is 1. The van der Waals surface area contributed by atoms with Gasteiger partial charge in [0.15, 0.2) is 10.8 Å². The number of aromatic nitrogens is 1. The van der Waals surface area contributed by atoms with Crippen LogP contribution in [0.15, 0.2) is 42.5 Å². The number of nitrogens with two attached hydrogens (primary N) is 1. The van der Waals surface area contributed by atoms with Crippen LogP contribution >= 0.6 is 11.3 Å². The lowest BCUT2D eigenvalue weighted by atomic mass is 10.1. The highest BCUT2D eigenvalue weighted by Crippen LogP contribution is 2.32. The topological polar surface area (TPSA) is 126 Å². The second-order valence-corrected chi connectivity index (χ2v) is 7.65. The summed E-state index contributed by atoms with van der Waals surface area (Å²) >= 11 is 1.12. The lowest BCUT2D eigenvalue weighted by molar-refractivity contribution is -0.114. The molecule has 0 saturated carbocycles. The van der Waals surface area contributed by atoms with Gasteiger partial charge in [-0.25, -0.2) is 4.98 Å². The molecule has 2 aromatic carbocycles. The molecule has 0 radical (unpaired) electrons. The Morgan fingerprint density at radius 1 is 1.00 bits per heavy atom. The summed E-state index contributed by atoms with van der Waals surface area (Å²) in [4.78, 5) is 39.8. The molecule has 0 saturated heterocycles. The van der Waals surface area contributed by atoms with Crippen molar-refractivity contribution >= 4 is 50.6 Å². The van der Waals surface area contributed by atoms with Crippen molar-refractivity contribution in [1.82, 2.24) is 4.98 Å². The van der Waals surface area contributed by atoms with Crippen molar-refractivity contribution in [2.45, 2.75) is 20.8 Å². The van der Waals surface area contributed by atoms with E-state index < -0.39 is 11.8 Å². The van der Waals surface area contributed by atoms with Crippen LogP contribution in [-0.4, -0.2) is 22.7 Å². The second kappa shape index (κ2) is 8.75. The minimum absolute atomic E-state index is 0.0176. The van der Waals surface area contributed by atoms with Crippen molar-refractivity contribution in [3.8, 4) is 0 Å². The first-order valence-corrected chi connectivity index (χ1v) is 9.89. The fraction of sp³-hybridized carbons (Fsp3) is 0.143. The Kier molecular flexibility index (Phi) is 6.12. The number of carbonyl (C=O) groups excluding carboxylic acids is 3. The minimum Gasteiger partial charge on any atom is -0.364 e. The Hall–Kier alpha value is -3.72. The Morgan fingerprint density at radius 2 is 1.70 bits per heavy atom. The normalized spacial score (nSPS) is 10.4. The van der Waals surface area contributed by atoms with E-state index >= 15 is 0 Å². The Balaban J connectivity index is 1.81. The van der Waals surface area contributed by atoms with Gasteiger partial charge in [0.25, 0.3) is 11.8 Å². The molecule has 9 heteroatoms. The average molecular weight is 423 g/mol. The molecule has 3 amide bonds. The van der Waals surface area contributed by atoms with Gasteiger partial charge in [-0.3, -0.25) is 14.4 Å². The maximum Gasteiger partial charge on any atom is 0.270 e. The number of hydrogen-bond donors (Lipinski definition) is 4. The summed E-state index contributed by atoms with van der Waals surface area (Å²) < 4.78 is 0. The van der Waals surface area contributed by atoms with E-state index in [2.05, 4.69) is 20.9 Å². The molecule has 0 unspecified atom stereocenters. The lowest BCUT2D eigenvalue weighted by Crippen LogP contribution is -2.17. The monoisotopic (exact) mass is 423 g/mol. The third-order valence-electron chi connectivity index (χ3n) is 4.40. The molecule has 5 N–H and O–H groups in total. The highest BCUT2D eigenvalue weighted by molar-refractivity contribution is 7.20. The van der Waals surface area contributed by atoms with E-state index in [1.807, 2.05) is 32.0 Å². The maximum absolute atomic E-state index is 12.6. The van der Waals surface area contributed by atoms with E-state index in [-0.39, 0.29) is 16.6 Å². The quantitative estimate of drug-likeness (QED) is 0.479. The van der Waals surface area contributed by atoms with Gasteiger partial charge >= 0.3 is 0 Å². The Bertz CT molecular complexity index is 1120. The van der Waals surface area contributed by atoms with Crippen molar-refractivity contribution in [3.63, 3.8) is 0 Å². The zero-order valence-corrected chi connectivity index (χ0v) is 17.5. The Morgan fingerprint density at radius 3 is 2.33 bits per heavy atom. The number of carbonyl (C=O) groups is 3. The standard InChI is InChI=1S/C21H21N5O3S/c1-11-5-4-6-16(12(11)2)24-21-25-17(18(22)28)20(30-21)26-19(29)14-7-9-15(10-8-14)23-13(3)27/h4-10H,1-3H3,(H2,22,28)(H,23,27)(H,24,25)(H,26,29). The number of anilines is 4. The van der Waals surface area contributed by atoms with Gasteiger partial charge in [0.1, 0.15) is 5.00 Å². The lowest BCUT2D eigenvalue weighted by Gasteiger charge is -2.08. The summed E-state index contributed by atoms with van der Waals surface area (Å²) in [6.07, 6.45) is 0. The van der Waals surface area contributed by atoms with Crippen LogP contribution in [0.4, 0.5) is 21.5 Å². The summed E-state index contributed by atoms with van der Waals surface area (Å²) in [5.41, 5.74) is 9.38. The van der Waals surface area contributed by atoms with E-state index in [0.29, 0.717) is 16.4 Å². The molecule has 154 valence electrons. The van der Waals surface area contributed by atoms with Crippen molar-refractivity contribution < 1.29 is 14.4 Å². The van der Waals surface area contributed by atoms with Crippen LogP contribution in [0.2, 0.25) is 0 Å². The van der Waals surface area contributed by atoms with E-state index in [4.69, 9.17) is 5.73 Å². The highest BCUT2D eigenvalue weighted by atomic mass is 32.1. The third-order valence-corrected chi connectivity index (χ3v) is 5.29. The van der Waals surface area contributed by atoms with Crippen LogP contribution in [0.5, 0.6) is 0 Å². The van der Waals surface area contributed by atoms with Crippen LogP contribution in [0.25, 0.3) is 0 Å². The van der Waals surface area contributed by atoms with Crippen LogP contribution in [0.3, 0.4) is 0 Å². The maximum atomic E-state index is 12.6. The van der Waals surface area contributed by atoms with Crippen molar-refractivity contribution in [2.24, 2.45) is 5.73 Å². The number of hydrogen-bond acceptors (Lipinski definition) is 6. The molecular weight excluding hydrogens is 402 g/mol. The second-order valence-electron chi connectivity index (χ2n) is 6.65.